The summed E-state index contributed by atoms with van der Waals surface area (Å²) in [5.74, 6) is -0.705. The Hall–Kier alpha value is -2.27. The number of rotatable bonds is 4. The average Bonchev–Trinajstić information content (AvgIpc) is 3.05. The number of carbonyl (C=O) groups excluding carboxylic acids is 1. The molecule has 25 heavy (non-hydrogen) atoms. The van der Waals surface area contributed by atoms with Crippen molar-refractivity contribution in [2.24, 2.45) is 5.73 Å². The van der Waals surface area contributed by atoms with Gasteiger partial charge in [0, 0.05) is 17.6 Å². The third-order valence-electron chi connectivity index (χ3n) is 3.73. The quantitative estimate of drug-likeness (QED) is 0.757. The molecule has 4 N–H and O–H groups in total. The van der Waals surface area contributed by atoms with Gasteiger partial charge >= 0.3 is 6.18 Å². The first kappa shape index (κ1) is 17.5. The highest BCUT2D eigenvalue weighted by atomic mass is 32.1. The van der Waals surface area contributed by atoms with Crippen molar-refractivity contribution in [2.45, 2.75) is 25.1 Å². The summed E-state index contributed by atoms with van der Waals surface area (Å²) in [5, 5.41) is 7.53. The molecule has 1 aliphatic heterocycles. The molecule has 1 amide bonds. The van der Waals surface area contributed by atoms with Gasteiger partial charge in [0.25, 0.3) is 5.91 Å². The van der Waals surface area contributed by atoms with Crippen molar-refractivity contribution in [3.63, 3.8) is 0 Å². The smallest absolute Gasteiger partial charge is 0.364 e. The molecule has 1 fully saturated rings. The maximum absolute atomic E-state index is 13.3. The van der Waals surface area contributed by atoms with Crippen LogP contribution in [0.5, 0.6) is 0 Å². The van der Waals surface area contributed by atoms with Crippen LogP contribution in [0.3, 0.4) is 0 Å². The molecule has 0 unspecified atom stereocenters. The van der Waals surface area contributed by atoms with Crippen molar-refractivity contribution in [1.29, 1.82) is 0 Å². The van der Waals surface area contributed by atoms with E-state index in [0.29, 0.717) is 0 Å². The summed E-state index contributed by atoms with van der Waals surface area (Å²) in [6.07, 6.45) is -2.26. The van der Waals surface area contributed by atoms with Crippen LogP contribution in [0.1, 0.15) is 28.9 Å². The van der Waals surface area contributed by atoms with Crippen LogP contribution in [-0.2, 0) is 6.18 Å². The van der Waals surface area contributed by atoms with Crippen LogP contribution in [-0.4, -0.2) is 40.0 Å². The lowest BCUT2D eigenvalue weighted by Crippen LogP contribution is -2.35. The number of hydrogen-bond acceptors (Lipinski definition) is 7. The number of primary amides is 1. The van der Waals surface area contributed by atoms with Crippen molar-refractivity contribution >= 4 is 23.2 Å². The lowest BCUT2D eigenvalue weighted by atomic mass is 10.1. The maximum Gasteiger partial charge on any atom is 0.420 e. The Balaban J connectivity index is 1.96. The predicted molar refractivity (Wildman–Crippen MR) is 86.2 cm³/mol. The fourth-order valence-corrected chi connectivity index (χ4v) is 3.28. The number of hydrogen-bond donors (Lipinski definition) is 3. The molecule has 7 nitrogen and oxygen atoms in total. The summed E-state index contributed by atoms with van der Waals surface area (Å²) in [4.78, 5) is 22.8. The molecule has 0 bridgehead atoms. The topological polar surface area (TPSA) is 106 Å². The number of nitrogens with two attached hydrogens (primary N) is 1. The van der Waals surface area contributed by atoms with Crippen molar-refractivity contribution in [2.75, 3.05) is 18.4 Å². The van der Waals surface area contributed by atoms with E-state index in [2.05, 4.69) is 25.6 Å². The third-order valence-corrected chi connectivity index (χ3v) is 4.57. The number of halogens is 3. The van der Waals surface area contributed by atoms with Gasteiger partial charge in [-0.15, -0.1) is 11.3 Å². The van der Waals surface area contributed by atoms with Crippen molar-refractivity contribution in [3.05, 3.63) is 22.8 Å². The van der Waals surface area contributed by atoms with Crippen molar-refractivity contribution in [3.8, 4) is 10.7 Å². The number of anilines is 1. The second kappa shape index (κ2) is 6.92. The van der Waals surface area contributed by atoms with Gasteiger partial charge in [0.05, 0.1) is 0 Å². The van der Waals surface area contributed by atoms with Crippen LogP contribution in [0.4, 0.5) is 19.1 Å². The SMILES string of the molecule is NC(=O)c1csc(-c2nc(NC3CCNCC3)ncc2C(F)(F)F)n1. The summed E-state index contributed by atoms with van der Waals surface area (Å²) >= 11 is 0.876. The van der Waals surface area contributed by atoms with E-state index >= 15 is 0 Å². The molecular weight excluding hydrogens is 357 g/mol. The summed E-state index contributed by atoms with van der Waals surface area (Å²) in [5.41, 5.74) is 3.65. The number of piperidine rings is 1. The van der Waals surface area contributed by atoms with E-state index in [1.54, 1.807) is 0 Å². The van der Waals surface area contributed by atoms with Gasteiger partial charge < -0.3 is 16.4 Å². The molecule has 0 saturated carbocycles. The van der Waals surface area contributed by atoms with Gasteiger partial charge in [-0.25, -0.2) is 15.0 Å². The van der Waals surface area contributed by atoms with Crippen LogP contribution in [0.15, 0.2) is 11.6 Å². The first-order valence-corrected chi connectivity index (χ1v) is 8.40. The number of aromatic nitrogens is 3. The molecule has 2 aromatic heterocycles. The predicted octanol–water partition coefficient (Wildman–Crippen LogP) is 1.88. The molecule has 3 rings (SSSR count). The Morgan fingerprint density at radius 3 is 2.64 bits per heavy atom. The van der Waals surface area contributed by atoms with Crippen LogP contribution in [0.25, 0.3) is 10.7 Å². The highest BCUT2D eigenvalue weighted by Crippen LogP contribution is 2.37. The zero-order valence-corrected chi connectivity index (χ0v) is 13.7. The zero-order chi connectivity index (χ0) is 18.0. The minimum atomic E-state index is -4.64. The highest BCUT2D eigenvalue weighted by molar-refractivity contribution is 7.13. The van der Waals surface area contributed by atoms with Crippen LogP contribution in [0, 0.1) is 0 Å². The number of nitrogens with one attached hydrogen (secondary N) is 2. The summed E-state index contributed by atoms with van der Waals surface area (Å²) in [6.45, 7) is 1.64. The standard InChI is InChI=1S/C14H15F3N6OS/c15-14(16,17)8-5-20-13(21-7-1-3-19-4-2-7)23-10(8)12-22-9(6-25-12)11(18)24/h5-7,19H,1-4H2,(H2,18,24)(H,20,21,23). The van der Waals surface area contributed by atoms with Crippen molar-refractivity contribution in [1.82, 2.24) is 20.3 Å². The van der Waals surface area contributed by atoms with Gasteiger partial charge in [0.2, 0.25) is 5.95 Å². The minimum absolute atomic E-state index is 0.0307. The van der Waals surface area contributed by atoms with E-state index in [0.717, 1.165) is 43.5 Å². The maximum atomic E-state index is 13.3. The van der Waals surface area contributed by atoms with Gasteiger partial charge in [-0.1, -0.05) is 0 Å². The molecular formula is C14H15F3N6OS. The largest absolute Gasteiger partial charge is 0.420 e. The number of carbonyl (C=O) groups is 1. The fourth-order valence-electron chi connectivity index (χ4n) is 2.47. The molecule has 134 valence electrons. The first-order chi connectivity index (χ1) is 11.8. The van der Waals surface area contributed by atoms with E-state index in [-0.39, 0.29) is 28.4 Å². The number of thiazole rings is 1. The first-order valence-electron chi connectivity index (χ1n) is 7.52. The fraction of sp³-hybridized carbons (Fsp3) is 0.429. The highest BCUT2D eigenvalue weighted by Gasteiger charge is 2.36. The monoisotopic (exact) mass is 372 g/mol. The van der Waals surface area contributed by atoms with Gasteiger partial charge in [0.15, 0.2) is 0 Å². The van der Waals surface area contributed by atoms with E-state index < -0.39 is 17.6 Å². The zero-order valence-electron chi connectivity index (χ0n) is 12.9. The Morgan fingerprint density at radius 2 is 2.04 bits per heavy atom. The van der Waals surface area contributed by atoms with Gasteiger partial charge in [-0.05, 0) is 25.9 Å². The minimum Gasteiger partial charge on any atom is -0.364 e. The number of alkyl halides is 3. The second-order valence-electron chi connectivity index (χ2n) is 5.52. The lowest BCUT2D eigenvalue weighted by Gasteiger charge is -2.24. The van der Waals surface area contributed by atoms with Gasteiger partial charge in [-0.3, -0.25) is 4.79 Å². The summed E-state index contributed by atoms with van der Waals surface area (Å²) in [6, 6.07) is 0.0864. The molecule has 1 aliphatic rings. The molecule has 0 spiro atoms. The Morgan fingerprint density at radius 1 is 1.32 bits per heavy atom. The average molecular weight is 372 g/mol. The second-order valence-corrected chi connectivity index (χ2v) is 6.38. The van der Waals surface area contributed by atoms with E-state index in [1.807, 2.05) is 0 Å². The van der Waals surface area contributed by atoms with Gasteiger partial charge in [-0.2, -0.15) is 13.2 Å². The summed E-state index contributed by atoms with van der Waals surface area (Å²) in [7, 11) is 0. The van der Waals surface area contributed by atoms with Gasteiger partial charge in [0.1, 0.15) is 22.0 Å². The Bertz CT molecular complexity index is 772. The number of amides is 1. The molecule has 3 heterocycles. The molecule has 1 saturated heterocycles. The molecule has 11 heteroatoms. The normalized spacial score (nSPS) is 16.0. The van der Waals surface area contributed by atoms with Crippen LogP contribution >= 0.6 is 11.3 Å². The third kappa shape index (κ3) is 4.04. The van der Waals surface area contributed by atoms with E-state index in [9.17, 15) is 18.0 Å². The lowest BCUT2D eigenvalue weighted by molar-refractivity contribution is -0.137. The Kier molecular flexibility index (Phi) is 4.86. The number of nitrogens with zero attached hydrogens (tertiary/aromatic N) is 3. The molecule has 0 aliphatic carbocycles. The van der Waals surface area contributed by atoms with E-state index in [4.69, 9.17) is 5.73 Å². The molecule has 0 radical (unpaired) electrons. The van der Waals surface area contributed by atoms with Crippen LogP contribution < -0.4 is 16.4 Å². The van der Waals surface area contributed by atoms with Crippen LogP contribution in [0.2, 0.25) is 0 Å². The van der Waals surface area contributed by atoms with Crippen molar-refractivity contribution < 1.29 is 18.0 Å². The Labute approximate surface area is 144 Å². The van der Waals surface area contributed by atoms with E-state index in [1.165, 1.54) is 5.38 Å². The molecule has 2 aromatic rings. The molecule has 0 atom stereocenters. The molecule has 0 aromatic carbocycles. The summed E-state index contributed by atoms with van der Waals surface area (Å²) < 4.78 is 39.8.